The summed E-state index contributed by atoms with van der Waals surface area (Å²) in [6.07, 6.45) is 7.64. The summed E-state index contributed by atoms with van der Waals surface area (Å²) >= 11 is 0. The molecule has 6 unspecified atom stereocenters. The van der Waals surface area contributed by atoms with Gasteiger partial charge in [-0.2, -0.15) is 0 Å². The summed E-state index contributed by atoms with van der Waals surface area (Å²) in [5.74, 6) is 0.519. The summed E-state index contributed by atoms with van der Waals surface area (Å²) in [6.45, 7) is 8.10. The van der Waals surface area contributed by atoms with Gasteiger partial charge in [0.25, 0.3) is 0 Å². The fourth-order valence-electron chi connectivity index (χ4n) is 8.09. The fraction of sp³-hybridized carbons (Fsp3) is 0.808. The number of allylic oxidation sites excluding steroid dienone is 1. The van der Waals surface area contributed by atoms with Crippen molar-refractivity contribution in [3.8, 4) is 0 Å². The molecule has 0 bridgehead atoms. The van der Waals surface area contributed by atoms with E-state index in [-0.39, 0.29) is 40.7 Å². The quantitative estimate of drug-likeness (QED) is 0.647. The maximum atomic E-state index is 13.3. The Morgan fingerprint density at radius 3 is 2.58 bits per heavy atom. The fourth-order valence-corrected chi connectivity index (χ4v) is 8.09. The highest BCUT2D eigenvalue weighted by atomic mass is 16.6. The largest absolute Gasteiger partial charge is 0.450 e. The second-order valence-electron chi connectivity index (χ2n) is 10.9. The minimum absolute atomic E-state index is 0.00141. The number of aliphatic hydroxyl groups excluding tert-OH is 1. The van der Waals surface area contributed by atoms with Gasteiger partial charge in [0, 0.05) is 24.7 Å². The lowest BCUT2D eigenvalue weighted by Crippen LogP contribution is -2.62. The minimum Gasteiger partial charge on any atom is -0.450 e. The zero-order chi connectivity index (χ0) is 22.6. The van der Waals surface area contributed by atoms with Crippen LogP contribution in [0.2, 0.25) is 0 Å². The van der Waals surface area contributed by atoms with Gasteiger partial charge in [-0.15, -0.1) is 0 Å². The Kier molecular flexibility index (Phi) is 5.73. The van der Waals surface area contributed by atoms with Crippen molar-refractivity contribution in [1.82, 2.24) is 0 Å². The number of carbonyl (C=O) groups excluding carboxylic acids is 3. The summed E-state index contributed by atoms with van der Waals surface area (Å²) in [5, 5.41) is 11.5. The van der Waals surface area contributed by atoms with Gasteiger partial charge in [0.15, 0.2) is 17.2 Å². The molecule has 4 aliphatic carbocycles. The van der Waals surface area contributed by atoms with E-state index in [4.69, 9.17) is 4.74 Å². The summed E-state index contributed by atoms with van der Waals surface area (Å²) in [6, 6.07) is 0. The Balaban J connectivity index is 1.73. The third kappa shape index (κ3) is 3.17. The van der Waals surface area contributed by atoms with Gasteiger partial charge in [-0.3, -0.25) is 14.4 Å². The van der Waals surface area contributed by atoms with Crippen molar-refractivity contribution in [2.45, 2.75) is 104 Å². The van der Waals surface area contributed by atoms with E-state index in [0.29, 0.717) is 38.5 Å². The van der Waals surface area contributed by atoms with E-state index in [2.05, 4.69) is 13.8 Å². The van der Waals surface area contributed by atoms with Gasteiger partial charge >= 0.3 is 5.97 Å². The average molecular weight is 431 g/mol. The Morgan fingerprint density at radius 1 is 1.16 bits per heavy atom. The Bertz CT molecular complexity index is 815. The first-order valence-electron chi connectivity index (χ1n) is 12.3. The third-order valence-electron chi connectivity index (χ3n) is 9.53. The van der Waals surface area contributed by atoms with E-state index in [9.17, 15) is 19.5 Å². The van der Waals surface area contributed by atoms with Crippen LogP contribution in [-0.2, 0) is 19.1 Å². The molecule has 4 rings (SSSR count). The van der Waals surface area contributed by atoms with Crippen molar-refractivity contribution in [2.75, 3.05) is 0 Å². The number of Topliss-reactive ketones (excluding diaryl/α,β-unsaturated/α-hetero) is 1. The van der Waals surface area contributed by atoms with Gasteiger partial charge in [-0.1, -0.05) is 33.3 Å². The van der Waals surface area contributed by atoms with Crippen molar-refractivity contribution >= 4 is 17.5 Å². The van der Waals surface area contributed by atoms with E-state index in [1.54, 1.807) is 0 Å². The van der Waals surface area contributed by atoms with Crippen LogP contribution in [0, 0.1) is 28.6 Å². The molecule has 0 aromatic rings. The van der Waals surface area contributed by atoms with Crippen molar-refractivity contribution in [3.63, 3.8) is 0 Å². The van der Waals surface area contributed by atoms with Crippen LogP contribution >= 0.6 is 0 Å². The third-order valence-corrected chi connectivity index (χ3v) is 9.53. The molecule has 0 radical (unpaired) electrons. The second-order valence-corrected chi connectivity index (χ2v) is 10.9. The van der Waals surface area contributed by atoms with Crippen LogP contribution < -0.4 is 0 Å². The van der Waals surface area contributed by atoms with Crippen LogP contribution in [0.15, 0.2) is 11.6 Å². The molecule has 0 aliphatic heterocycles. The van der Waals surface area contributed by atoms with Gasteiger partial charge in [0.1, 0.15) is 0 Å². The molecule has 3 saturated carbocycles. The SMILES string of the molecule is CCCC(=O)O[C@]1(C(=O)CC)CCC2C3CCC4=CC(=O)CCC4(C)C3C(O)CC21C. The van der Waals surface area contributed by atoms with Crippen LogP contribution in [0.1, 0.15) is 91.9 Å². The number of aliphatic hydroxyl groups is 1. The van der Waals surface area contributed by atoms with Crippen molar-refractivity contribution in [1.29, 1.82) is 0 Å². The first kappa shape index (κ1) is 22.7. The molecule has 0 heterocycles. The van der Waals surface area contributed by atoms with E-state index >= 15 is 0 Å². The molecule has 5 heteroatoms. The molecule has 31 heavy (non-hydrogen) atoms. The first-order valence-corrected chi connectivity index (χ1v) is 12.3. The number of carbonyl (C=O) groups is 3. The van der Waals surface area contributed by atoms with Gasteiger partial charge in [0.05, 0.1) is 6.10 Å². The smallest absolute Gasteiger partial charge is 0.306 e. The van der Waals surface area contributed by atoms with E-state index in [1.807, 2.05) is 19.9 Å². The zero-order valence-corrected chi connectivity index (χ0v) is 19.5. The molecule has 0 saturated heterocycles. The van der Waals surface area contributed by atoms with Crippen LogP contribution in [0.5, 0.6) is 0 Å². The average Bonchev–Trinajstić information content (AvgIpc) is 3.00. The predicted molar refractivity (Wildman–Crippen MR) is 117 cm³/mol. The number of hydrogen-bond acceptors (Lipinski definition) is 5. The zero-order valence-electron chi connectivity index (χ0n) is 19.5. The highest BCUT2D eigenvalue weighted by Crippen LogP contribution is 2.68. The summed E-state index contributed by atoms with van der Waals surface area (Å²) < 4.78 is 6.08. The lowest BCUT2D eigenvalue weighted by atomic mass is 9.45. The van der Waals surface area contributed by atoms with Crippen molar-refractivity contribution in [2.24, 2.45) is 28.6 Å². The van der Waals surface area contributed by atoms with E-state index in [0.717, 1.165) is 25.7 Å². The van der Waals surface area contributed by atoms with E-state index < -0.39 is 17.1 Å². The number of esters is 1. The minimum atomic E-state index is -1.12. The van der Waals surface area contributed by atoms with Gasteiger partial charge in [-0.05, 0) is 74.2 Å². The molecule has 0 spiro atoms. The van der Waals surface area contributed by atoms with Gasteiger partial charge < -0.3 is 9.84 Å². The molecule has 172 valence electrons. The molecule has 5 nitrogen and oxygen atoms in total. The predicted octanol–water partition coefficient (Wildman–Crippen LogP) is 4.55. The number of rotatable bonds is 5. The van der Waals surface area contributed by atoms with Gasteiger partial charge in [0.2, 0.25) is 0 Å². The molecule has 1 N–H and O–H groups in total. The number of hydrogen-bond donors (Lipinski definition) is 1. The highest BCUT2D eigenvalue weighted by molar-refractivity contribution is 5.92. The Hall–Kier alpha value is -1.49. The molecule has 7 atom stereocenters. The lowest BCUT2D eigenvalue weighted by molar-refractivity contribution is -0.201. The molecule has 0 amide bonds. The molecule has 4 aliphatic rings. The van der Waals surface area contributed by atoms with Crippen molar-refractivity contribution < 1.29 is 24.2 Å². The summed E-state index contributed by atoms with van der Waals surface area (Å²) in [4.78, 5) is 38.0. The highest BCUT2D eigenvalue weighted by Gasteiger charge is 2.70. The molecule has 3 fully saturated rings. The van der Waals surface area contributed by atoms with Crippen LogP contribution in [0.4, 0.5) is 0 Å². The van der Waals surface area contributed by atoms with Crippen LogP contribution in [-0.4, -0.2) is 34.3 Å². The topological polar surface area (TPSA) is 80.7 Å². The number of ether oxygens (including phenoxy) is 1. The Labute approximate surface area is 186 Å². The molecular weight excluding hydrogens is 392 g/mol. The van der Waals surface area contributed by atoms with E-state index in [1.165, 1.54) is 5.57 Å². The molecular formula is C26H38O5. The monoisotopic (exact) mass is 430 g/mol. The summed E-state index contributed by atoms with van der Waals surface area (Å²) in [5.41, 5.74) is -0.622. The first-order chi connectivity index (χ1) is 14.6. The standard InChI is InChI=1S/C26H38O5/c1-5-7-22(30)31-26(21(29)6-2)13-11-19-18-9-8-16-14-17(27)10-12-24(16,3)23(18)20(28)15-25(19,26)4/h14,18-20,23,28H,5-13,15H2,1-4H3/t18?,19?,20?,23?,24?,25?,26-/m0/s1. The number of ketones is 2. The van der Waals surface area contributed by atoms with Crippen LogP contribution in [0.25, 0.3) is 0 Å². The molecule has 0 aromatic heterocycles. The maximum Gasteiger partial charge on any atom is 0.306 e. The Morgan fingerprint density at radius 2 is 1.90 bits per heavy atom. The van der Waals surface area contributed by atoms with Crippen molar-refractivity contribution in [3.05, 3.63) is 11.6 Å². The number of fused-ring (bicyclic) bond motifs is 5. The maximum absolute atomic E-state index is 13.3. The lowest BCUT2D eigenvalue weighted by Gasteiger charge is -2.60. The molecule has 0 aromatic carbocycles. The van der Waals surface area contributed by atoms with Crippen LogP contribution in [0.3, 0.4) is 0 Å². The van der Waals surface area contributed by atoms with Gasteiger partial charge in [-0.25, -0.2) is 0 Å². The summed E-state index contributed by atoms with van der Waals surface area (Å²) in [7, 11) is 0. The normalized spacial score (nSPS) is 44.0. The second kappa shape index (κ2) is 7.83.